The summed E-state index contributed by atoms with van der Waals surface area (Å²) in [7, 11) is 0. The van der Waals surface area contributed by atoms with Gasteiger partial charge in [0.2, 0.25) is 0 Å². The summed E-state index contributed by atoms with van der Waals surface area (Å²) in [5.41, 5.74) is 0.893. The van der Waals surface area contributed by atoms with Crippen molar-refractivity contribution in [1.29, 1.82) is 5.26 Å². The average Bonchev–Trinajstić information content (AvgIpc) is 2.37. The first-order chi connectivity index (χ1) is 9.10. The number of ether oxygens (including phenoxy) is 1. The van der Waals surface area contributed by atoms with Gasteiger partial charge in [-0.25, -0.2) is 4.39 Å². The molecule has 2 aromatic rings. The molecule has 0 radical (unpaired) electrons. The van der Waals surface area contributed by atoms with E-state index in [-0.39, 0.29) is 12.2 Å². The first-order valence-corrected chi connectivity index (χ1v) is 6.95. The number of para-hydroxylation sites is 1. The van der Waals surface area contributed by atoms with E-state index in [4.69, 9.17) is 10.00 Å². The molecule has 0 amide bonds. The Labute approximate surface area is 127 Å². The maximum Gasteiger partial charge on any atom is 0.148 e. The molecular formula is C14H8Br2FNO. The van der Waals surface area contributed by atoms with Crippen LogP contribution in [0.5, 0.6) is 5.75 Å². The molecule has 0 aromatic heterocycles. The van der Waals surface area contributed by atoms with Gasteiger partial charge >= 0.3 is 0 Å². The molecule has 0 aliphatic rings. The van der Waals surface area contributed by atoms with E-state index in [1.54, 1.807) is 6.07 Å². The molecule has 19 heavy (non-hydrogen) atoms. The second kappa shape index (κ2) is 6.18. The van der Waals surface area contributed by atoms with Crippen LogP contribution >= 0.6 is 31.9 Å². The summed E-state index contributed by atoms with van der Waals surface area (Å²) in [6, 6.07) is 11.6. The Morgan fingerprint density at radius 2 is 1.84 bits per heavy atom. The summed E-state index contributed by atoms with van der Waals surface area (Å²) in [5, 5.41) is 8.79. The molecule has 2 nitrogen and oxygen atoms in total. The van der Waals surface area contributed by atoms with Gasteiger partial charge in [0.25, 0.3) is 0 Å². The zero-order valence-corrected chi connectivity index (χ0v) is 12.8. The van der Waals surface area contributed by atoms with E-state index in [0.29, 0.717) is 11.3 Å². The minimum atomic E-state index is -0.441. The molecule has 2 rings (SSSR count). The van der Waals surface area contributed by atoms with Crippen LogP contribution in [0.4, 0.5) is 4.39 Å². The van der Waals surface area contributed by atoms with Crippen molar-refractivity contribution in [2.45, 2.75) is 6.61 Å². The standard InChI is InChI=1S/C14H8Br2FNO/c15-12-2-1-3-13(16)14(12)19-8-10-4-9(7-18)5-11(17)6-10/h1-6H,8H2. The molecule has 0 aliphatic heterocycles. The van der Waals surface area contributed by atoms with Crippen molar-refractivity contribution in [1.82, 2.24) is 0 Å². The van der Waals surface area contributed by atoms with E-state index >= 15 is 0 Å². The lowest BCUT2D eigenvalue weighted by molar-refractivity contribution is 0.301. The predicted molar refractivity (Wildman–Crippen MR) is 77.3 cm³/mol. The second-order valence-electron chi connectivity index (χ2n) is 3.80. The largest absolute Gasteiger partial charge is 0.487 e. The molecule has 0 saturated heterocycles. The molecule has 96 valence electrons. The SMILES string of the molecule is N#Cc1cc(F)cc(COc2c(Br)cccc2Br)c1. The first-order valence-electron chi connectivity index (χ1n) is 5.36. The summed E-state index contributed by atoms with van der Waals surface area (Å²) in [6.07, 6.45) is 0. The Morgan fingerprint density at radius 3 is 2.47 bits per heavy atom. The van der Waals surface area contributed by atoms with Crippen LogP contribution in [0.25, 0.3) is 0 Å². The lowest BCUT2D eigenvalue weighted by Gasteiger charge is -2.10. The molecule has 0 unspecified atom stereocenters. The number of benzene rings is 2. The van der Waals surface area contributed by atoms with Crippen LogP contribution in [-0.2, 0) is 6.61 Å². The molecule has 5 heteroatoms. The van der Waals surface area contributed by atoms with Crippen LogP contribution in [0.15, 0.2) is 45.3 Å². The van der Waals surface area contributed by atoms with E-state index in [9.17, 15) is 4.39 Å². The van der Waals surface area contributed by atoms with Gasteiger partial charge in [0.15, 0.2) is 0 Å². The molecule has 0 atom stereocenters. The van der Waals surface area contributed by atoms with Gasteiger partial charge in [0.05, 0.1) is 20.6 Å². The normalized spacial score (nSPS) is 10.0. The van der Waals surface area contributed by atoms with Crippen LogP contribution in [0, 0.1) is 17.1 Å². The highest BCUT2D eigenvalue weighted by Crippen LogP contribution is 2.33. The molecule has 0 N–H and O–H groups in total. The fraction of sp³-hybridized carbons (Fsp3) is 0.0714. The average molecular weight is 385 g/mol. The Hall–Kier alpha value is -1.38. The van der Waals surface area contributed by atoms with E-state index in [1.807, 2.05) is 24.3 Å². The Morgan fingerprint density at radius 1 is 1.16 bits per heavy atom. The highest BCUT2D eigenvalue weighted by Gasteiger charge is 2.07. The Bertz CT molecular complexity index is 632. The van der Waals surface area contributed by atoms with E-state index < -0.39 is 5.82 Å². The number of nitrogens with zero attached hydrogens (tertiary/aromatic N) is 1. The van der Waals surface area contributed by atoms with Crippen LogP contribution in [-0.4, -0.2) is 0 Å². The van der Waals surface area contributed by atoms with Gasteiger partial charge in [0, 0.05) is 0 Å². The summed E-state index contributed by atoms with van der Waals surface area (Å²) < 4.78 is 20.5. The number of rotatable bonds is 3. The highest BCUT2D eigenvalue weighted by atomic mass is 79.9. The van der Waals surface area contributed by atoms with Gasteiger partial charge in [-0.1, -0.05) is 6.07 Å². The second-order valence-corrected chi connectivity index (χ2v) is 5.51. The topological polar surface area (TPSA) is 33.0 Å². The van der Waals surface area contributed by atoms with Crippen molar-refractivity contribution < 1.29 is 9.13 Å². The lowest BCUT2D eigenvalue weighted by Crippen LogP contribution is -1.98. The third-order valence-corrected chi connectivity index (χ3v) is 3.64. The molecule has 0 spiro atoms. The molecule has 0 saturated carbocycles. The predicted octanol–water partition coefficient (Wildman–Crippen LogP) is 4.80. The van der Waals surface area contributed by atoms with Crippen LogP contribution in [0.3, 0.4) is 0 Å². The minimum absolute atomic E-state index is 0.188. The van der Waals surface area contributed by atoms with Crippen molar-refractivity contribution in [2.75, 3.05) is 0 Å². The monoisotopic (exact) mass is 383 g/mol. The van der Waals surface area contributed by atoms with Crippen molar-refractivity contribution in [3.05, 3.63) is 62.3 Å². The third-order valence-electron chi connectivity index (χ3n) is 2.39. The number of halogens is 3. The smallest absolute Gasteiger partial charge is 0.148 e. The molecule has 2 aromatic carbocycles. The van der Waals surface area contributed by atoms with E-state index in [1.165, 1.54) is 12.1 Å². The number of hydrogen-bond donors (Lipinski definition) is 0. The maximum atomic E-state index is 13.3. The Balaban J connectivity index is 2.19. The number of hydrogen-bond acceptors (Lipinski definition) is 2. The quantitative estimate of drug-likeness (QED) is 0.761. The maximum absolute atomic E-state index is 13.3. The van der Waals surface area contributed by atoms with Gasteiger partial charge in [0.1, 0.15) is 18.2 Å². The summed E-state index contributed by atoms with van der Waals surface area (Å²) in [6.45, 7) is 0.188. The van der Waals surface area contributed by atoms with Gasteiger partial charge < -0.3 is 4.74 Å². The minimum Gasteiger partial charge on any atom is -0.487 e. The van der Waals surface area contributed by atoms with Crippen molar-refractivity contribution in [3.63, 3.8) is 0 Å². The number of nitriles is 1. The van der Waals surface area contributed by atoms with Crippen LogP contribution in [0.1, 0.15) is 11.1 Å². The molecule has 0 heterocycles. The zero-order valence-electron chi connectivity index (χ0n) is 9.66. The zero-order chi connectivity index (χ0) is 13.8. The van der Waals surface area contributed by atoms with E-state index in [0.717, 1.165) is 8.95 Å². The molecule has 0 bridgehead atoms. The van der Waals surface area contributed by atoms with Crippen LogP contribution in [0.2, 0.25) is 0 Å². The van der Waals surface area contributed by atoms with Crippen molar-refractivity contribution in [3.8, 4) is 11.8 Å². The van der Waals surface area contributed by atoms with Gasteiger partial charge in [-0.3, -0.25) is 0 Å². The van der Waals surface area contributed by atoms with Gasteiger partial charge in [-0.05, 0) is 67.8 Å². The fourth-order valence-electron chi connectivity index (χ4n) is 1.57. The fourth-order valence-corrected chi connectivity index (χ4v) is 2.80. The van der Waals surface area contributed by atoms with Gasteiger partial charge in [-0.2, -0.15) is 5.26 Å². The molecular weight excluding hydrogens is 377 g/mol. The molecule has 0 aliphatic carbocycles. The first kappa shape index (κ1) is 14.0. The summed E-state index contributed by atoms with van der Waals surface area (Å²) >= 11 is 6.76. The summed E-state index contributed by atoms with van der Waals surface area (Å²) in [5.74, 6) is 0.203. The van der Waals surface area contributed by atoms with E-state index in [2.05, 4.69) is 31.9 Å². The van der Waals surface area contributed by atoms with Crippen molar-refractivity contribution >= 4 is 31.9 Å². The summed E-state index contributed by atoms with van der Waals surface area (Å²) in [4.78, 5) is 0. The third kappa shape index (κ3) is 3.55. The highest BCUT2D eigenvalue weighted by molar-refractivity contribution is 9.11. The van der Waals surface area contributed by atoms with Crippen LogP contribution < -0.4 is 4.74 Å². The van der Waals surface area contributed by atoms with Gasteiger partial charge in [-0.15, -0.1) is 0 Å². The Kier molecular flexibility index (Phi) is 4.56. The van der Waals surface area contributed by atoms with Crippen molar-refractivity contribution in [2.24, 2.45) is 0 Å². The molecule has 0 fully saturated rings. The lowest BCUT2D eigenvalue weighted by atomic mass is 10.1.